The topological polar surface area (TPSA) is 54.1 Å². The summed E-state index contributed by atoms with van der Waals surface area (Å²) in [6, 6.07) is 3.16. The van der Waals surface area contributed by atoms with Gasteiger partial charge in [0.05, 0.1) is 12.0 Å². The molecule has 10 heavy (non-hydrogen) atoms. The van der Waals surface area contributed by atoms with E-state index in [9.17, 15) is 4.79 Å². The van der Waals surface area contributed by atoms with E-state index in [-0.39, 0.29) is 17.3 Å². The molecule has 0 radical (unpaired) electrons. The van der Waals surface area contributed by atoms with Gasteiger partial charge in [0.25, 0.3) is 0 Å². The Morgan fingerprint density at radius 2 is 2.40 bits per heavy atom. The second-order valence-corrected chi connectivity index (χ2v) is 1.93. The monoisotopic (exact) mass is 137 g/mol. The van der Waals surface area contributed by atoms with Gasteiger partial charge in [0.1, 0.15) is 0 Å². The first kappa shape index (κ1) is 6.74. The molecule has 0 aromatic carbocycles. The number of hydrogen-bond donors (Lipinski definition) is 1. The minimum atomic E-state index is -0.356. The largest absolute Gasteiger partial charge is 0.461 e. The van der Waals surface area contributed by atoms with Crippen LogP contribution >= 0.6 is 0 Å². The molecular formula is C7H7NO2. The van der Waals surface area contributed by atoms with E-state index in [0.717, 1.165) is 0 Å². The Bertz CT molecular complexity index is 249. The molecular weight excluding hydrogens is 130 g/mol. The minimum Gasteiger partial charge on any atom is -0.461 e. The third kappa shape index (κ3) is 1.13. The highest BCUT2D eigenvalue weighted by Crippen LogP contribution is 2.01. The Labute approximate surface area is 58.2 Å². The van der Waals surface area contributed by atoms with Gasteiger partial charge in [0, 0.05) is 0 Å². The van der Waals surface area contributed by atoms with E-state index in [1.165, 1.54) is 13.2 Å². The van der Waals surface area contributed by atoms with E-state index < -0.39 is 0 Å². The molecule has 3 nitrogen and oxygen atoms in total. The van der Waals surface area contributed by atoms with Crippen LogP contribution in [0.2, 0.25) is 0 Å². The fraction of sp³-hybridized carbons (Fsp3) is 0.143. The lowest BCUT2D eigenvalue weighted by molar-refractivity contribution is 0.104. The van der Waals surface area contributed by atoms with Crippen molar-refractivity contribution >= 4 is 11.5 Å². The third-order valence-corrected chi connectivity index (χ3v) is 1.09. The van der Waals surface area contributed by atoms with E-state index in [1.807, 2.05) is 0 Å². The quantitative estimate of drug-likeness (QED) is 0.496. The summed E-state index contributed by atoms with van der Waals surface area (Å²) in [7, 11) is 0. The molecule has 52 valence electrons. The molecule has 0 saturated heterocycles. The van der Waals surface area contributed by atoms with E-state index >= 15 is 0 Å². The van der Waals surface area contributed by atoms with Crippen molar-refractivity contribution in [1.82, 2.24) is 0 Å². The normalized spacial score (nSPS) is 9.30. The predicted octanol–water partition coefficient (Wildman–Crippen LogP) is 1.50. The van der Waals surface area contributed by atoms with Crippen molar-refractivity contribution < 1.29 is 9.21 Å². The summed E-state index contributed by atoms with van der Waals surface area (Å²) in [5.74, 6) is -0.127. The van der Waals surface area contributed by atoms with Crippen LogP contribution in [0.15, 0.2) is 22.8 Å². The molecule has 0 aliphatic heterocycles. The highest BCUT2D eigenvalue weighted by molar-refractivity contribution is 6.43. The van der Waals surface area contributed by atoms with Crippen molar-refractivity contribution in [2.45, 2.75) is 6.92 Å². The van der Waals surface area contributed by atoms with Crippen LogP contribution < -0.4 is 0 Å². The third-order valence-electron chi connectivity index (χ3n) is 1.09. The maximum Gasteiger partial charge on any atom is 0.241 e. The van der Waals surface area contributed by atoms with Gasteiger partial charge in [-0.2, -0.15) is 0 Å². The predicted molar refractivity (Wildman–Crippen MR) is 36.4 cm³/mol. The number of ketones is 1. The summed E-state index contributed by atoms with van der Waals surface area (Å²) in [5, 5.41) is 6.97. The summed E-state index contributed by atoms with van der Waals surface area (Å²) in [6.07, 6.45) is 1.41. The van der Waals surface area contributed by atoms with Crippen LogP contribution in [-0.2, 0) is 0 Å². The Kier molecular flexibility index (Phi) is 1.67. The van der Waals surface area contributed by atoms with Gasteiger partial charge in [-0.25, -0.2) is 0 Å². The lowest BCUT2D eigenvalue weighted by Gasteiger charge is -1.89. The maximum absolute atomic E-state index is 10.9. The average Bonchev–Trinajstić information content (AvgIpc) is 2.36. The Morgan fingerprint density at radius 1 is 1.70 bits per heavy atom. The second-order valence-electron chi connectivity index (χ2n) is 1.93. The van der Waals surface area contributed by atoms with E-state index in [2.05, 4.69) is 0 Å². The SMILES string of the molecule is CC(=N)C(=O)c1ccco1. The molecule has 1 N–H and O–H groups in total. The van der Waals surface area contributed by atoms with Crippen LogP contribution in [0.5, 0.6) is 0 Å². The van der Waals surface area contributed by atoms with E-state index in [1.54, 1.807) is 12.1 Å². The van der Waals surface area contributed by atoms with Crippen molar-refractivity contribution in [3.05, 3.63) is 24.2 Å². The molecule has 0 amide bonds. The molecule has 0 aliphatic rings. The lowest BCUT2D eigenvalue weighted by atomic mass is 10.2. The Hall–Kier alpha value is -1.38. The molecule has 0 fully saturated rings. The maximum atomic E-state index is 10.9. The zero-order valence-electron chi connectivity index (χ0n) is 5.55. The molecule has 1 aromatic heterocycles. The van der Waals surface area contributed by atoms with Gasteiger partial charge in [-0.05, 0) is 19.1 Å². The van der Waals surface area contributed by atoms with Crippen molar-refractivity contribution in [3.8, 4) is 0 Å². The minimum absolute atomic E-state index is 0.00468. The first-order valence-corrected chi connectivity index (χ1v) is 2.85. The van der Waals surface area contributed by atoms with Crippen LogP contribution in [0.4, 0.5) is 0 Å². The number of nitrogens with one attached hydrogen (secondary N) is 1. The van der Waals surface area contributed by atoms with Crippen LogP contribution in [0.3, 0.4) is 0 Å². The molecule has 0 bridgehead atoms. The summed E-state index contributed by atoms with van der Waals surface area (Å²) in [5.41, 5.74) is -0.00468. The molecule has 0 unspecified atom stereocenters. The standard InChI is InChI=1S/C7H7NO2/c1-5(8)7(9)6-3-2-4-10-6/h2-4,8H,1H3. The molecule has 3 heteroatoms. The van der Waals surface area contributed by atoms with Gasteiger partial charge in [-0.3, -0.25) is 4.79 Å². The Balaban J connectivity index is 2.88. The summed E-state index contributed by atoms with van der Waals surface area (Å²) >= 11 is 0. The molecule has 0 atom stereocenters. The Morgan fingerprint density at radius 3 is 2.80 bits per heavy atom. The highest BCUT2D eigenvalue weighted by atomic mass is 16.3. The zero-order valence-corrected chi connectivity index (χ0v) is 5.55. The van der Waals surface area contributed by atoms with Gasteiger partial charge in [0.15, 0.2) is 5.76 Å². The summed E-state index contributed by atoms with van der Waals surface area (Å²) in [4.78, 5) is 10.9. The molecule has 1 rings (SSSR count). The molecule has 0 aliphatic carbocycles. The fourth-order valence-corrected chi connectivity index (χ4v) is 0.593. The summed E-state index contributed by atoms with van der Waals surface area (Å²) in [6.45, 7) is 1.44. The van der Waals surface area contributed by atoms with E-state index in [0.29, 0.717) is 0 Å². The number of carbonyl (C=O) groups excluding carboxylic acids is 1. The van der Waals surface area contributed by atoms with Crippen LogP contribution in [0.1, 0.15) is 17.5 Å². The molecule has 1 aromatic rings. The smallest absolute Gasteiger partial charge is 0.241 e. The zero-order chi connectivity index (χ0) is 7.56. The van der Waals surface area contributed by atoms with Crippen molar-refractivity contribution in [1.29, 1.82) is 5.41 Å². The first-order chi connectivity index (χ1) is 4.72. The molecule has 0 saturated carbocycles. The van der Waals surface area contributed by atoms with Crippen LogP contribution in [0, 0.1) is 5.41 Å². The average molecular weight is 137 g/mol. The number of Topliss-reactive ketones (excluding diaryl/α,β-unsaturated/α-hetero) is 1. The van der Waals surface area contributed by atoms with Crippen LogP contribution in [-0.4, -0.2) is 11.5 Å². The van der Waals surface area contributed by atoms with Crippen LogP contribution in [0.25, 0.3) is 0 Å². The second kappa shape index (κ2) is 2.47. The van der Waals surface area contributed by atoms with Crippen molar-refractivity contribution in [2.75, 3.05) is 0 Å². The molecule has 1 heterocycles. The number of rotatable bonds is 2. The van der Waals surface area contributed by atoms with Crippen molar-refractivity contribution in [2.24, 2.45) is 0 Å². The van der Waals surface area contributed by atoms with Crippen molar-refractivity contribution in [3.63, 3.8) is 0 Å². The van der Waals surface area contributed by atoms with Gasteiger partial charge in [0.2, 0.25) is 5.78 Å². The van der Waals surface area contributed by atoms with Gasteiger partial charge in [-0.15, -0.1) is 0 Å². The van der Waals surface area contributed by atoms with Gasteiger partial charge >= 0.3 is 0 Å². The summed E-state index contributed by atoms with van der Waals surface area (Å²) < 4.78 is 4.77. The van der Waals surface area contributed by atoms with Gasteiger partial charge in [-0.1, -0.05) is 0 Å². The first-order valence-electron chi connectivity index (χ1n) is 2.85. The number of furan rings is 1. The number of carbonyl (C=O) groups is 1. The fourth-order valence-electron chi connectivity index (χ4n) is 0.593. The number of hydrogen-bond acceptors (Lipinski definition) is 3. The molecule has 0 spiro atoms. The van der Waals surface area contributed by atoms with E-state index in [4.69, 9.17) is 9.83 Å². The van der Waals surface area contributed by atoms with Gasteiger partial charge < -0.3 is 9.83 Å². The highest BCUT2D eigenvalue weighted by Gasteiger charge is 2.09. The lowest BCUT2D eigenvalue weighted by Crippen LogP contribution is -2.06.